The highest BCUT2D eigenvalue weighted by Gasteiger charge is 2.31. The van der Waals surface area contributed by atoms with Crippen LogP contribution in [0.3, 0.4) is 0 Å². The van der Waals surface area contributed by atoms with Crippen molar-refractivity contribution in [1.29, 1.82) is 0 Å². The molecule has 1 atom stereocenters. The molecule has 4 N–H and O–H groups in total. The highest BCUT2D eigenvalue weighted by Crippen LogP contribution is 2.29. The largest absolute Gasteiger partial charge is 0.350 e. The number of nitrogens with one attached hydrogen (secondary N) is 2. The van der Waals surface area contributed by atoms with Crippen LogP contribution in [0.2, 0.25) is 0 Å². The Morgan fingerprint density at radius 1 is 1.31 bits per heavy atom. The molecular formula is C20H29N5O. The molecule has 0 bridgehead atoms. The van der Waals surface area contributed by atoms with E-state index in [1.54, 1.807) is 0 Å². The fraction of sp³-hybridized carbons (Fsp3) is 0.500. The van der Waals surface area contributed by atoms with E-state index in [2.05, 4.69) is 53.1 Å². The Bertz CT molecular complexity index is 804. The molecule has 0 spiro atoms. The molecule has 1 aliphatic rings. The zero-order valence-electron chi connectivity index (χ0n) is 15.9. The molecule has 1 aromatic carbocycles. The number of rotatable bonds is 6. The summed E-state index contributed by atoms with van der Waals surface area (Å²) in [7, 11) is 0. The van der Waals surface area contributed by atoms with Gasteiger partial charge in [0.25, 0.3) is 5.56 Å². The number of hydrogen-bond acceptors (Lipinski definition) is 5. The van der Waals surface area contributed by atoms with Crippen molar-refractivity contribution < 1.29 is 0 Å². The van der Waals surface area contributed by atoms with E-state index in [0.29, 0.717) is 18.1 Å². The Kier molecular flexibility index (Phi) is 5.44. The van der Waals surface area contributed by atoms with Crippen LogP contribution < -0.4 is 21.9 Å². The molecule has 1 aliphatic heterocycles. The molecule has 1 unspecified atom stereocenters. The molecular weight excluding hydrogens is 326 g/mol. The summed E-state index contributed by atoms with van der Waals surface area (Å²) in [5, 5.41) is 6.73. The van der Waals surface area contributed by atoms with Crippen molar-refractivity contribution in [2.45, 2.75) is 46.3 Å². The van der Waals surface area contributed by atoms with Crippen LogP contribution in [0.15, 0.2) is 35.3 Å². The topological polar surface area (TPSA) is 85.0 Å². The fourth-order valence-corrected chi connectivity index (χ4v) is 3.10. The summed E-state index contributed by atoms with van der Waals surface area (Å²) in [5.74, 6) is 0.666. The first-order valence-corrected chi connectivity index (χ1v) is 9.26. The smallest absolute Gasteiger partial charge is 0.282 e. The van der Waals surface area contributed by atoms with E-state index in [4.69, 9.17) is 5.73 Å². The molecule has 0 fully saturated rings. The van der Waals surface area contributed by atoms with E-state index in [0.717, 1.165) is 31.6 Å². The van der Waals surface area contributed by atoms with E-state index in [1.807, 2.05) is 18.3 Å². The van der Waals surface area contributed by atoms with Crippen LogP contribution in [0.5, 0.6) is 0 Å². The van der Waals surface area contributed by atoms with Gasteiger partial charge in [0, 0.05) is 19.3 Å². The average Bonchev–Trinajstić information content (AvgIpc) is 3.02. The molecule has 140 valence electrons. The van der Waals surface area contributed by atoms with Gasteiger partial charge in [-0.25, -0.2) is 0 Å². The van der Waals surface area contributed by atoms with Gasteiger partial charge >= 0.3 is 0 Å². The number of nitrogens with zero attached hydrogens (tertiary/aromatic N) is 2. The van der Waals surface area contributed by atoms with Crippen LogP contribution in [0.25, 0.3) is 11.1 Å². The second-order valence-corrected chi connectivity index (χ2v) is 8.01. The zero-order valence-corrected chi connectivity index (χ0v) is 15.9. The molecule has 0 radical (unpaired) electrons. The van der Waals surface area contributed by atoms with Crippen molar-refractivity contribution >= 4 is 5.95 Å². The van der Waals surface area contributed by atoms with Crippen LogP contribution in [-0.4, -0.2) is 28.7 Å². The van der Waals surface area contributed by atoms with E-state index in [1.165, 1.54) is 5.56 Å². The van der Waals surface area contributed by atoms with Gasteiger partial charge in [-0.1, -0.05) is 45.0 Å². The fourth-order valence-electron chi connectivity index (χ4n) is 3.10. The molecule has 6 heteroatoms. The van der Waals surface area contributed by atoms with E-state index >= 15 is 0 Å². The van der Waals surface area contributed by atoms with Gasteiger partial charge < -0.3 is 20.9 Å². The standard InChI is InChI=1S/C20H29N5O/c1-20(2,3)17-13-25-12-16(18(26)24-19(25)23-17)15-7-5-14(6-8-15)11-22-10-4-9-21/h5-8,12,17,22H,4,9-11,13,21H2,1-3H3,(H,23,24,26). The highest BCUT2D eigenvalue weighted by atomic mass is 16.1. The zero-order chi connectivity index (χ0) is 18.7. The van der Waals surface area contributed by atoms with Gasteiger partial charge in [-0.3, -0.25) is 4.79 Å². The minimum absolute atomic E-state index is 0.107. The minimum atomic E-state index is -0.188. The van der Waals surface area contributed by atoms with Gasteiger partial charge in [0.15, 0.2) is 0 Å². The van der Waals surface area contributed by atoms with Gasteiger partial charge in [0.05, 0.1) is 11.6 Å². The predicted molar refractivity (Wildman–Crippen MR) is 106 cm³/mol. The van der Waals surface area contributed by atoms with Crippen LogP contribution >= 0.6 is 0 Å². The Morgan fingerprint density at radius 3 is 2.69 bits per heavy atom. The van der Waals surface area contributed by atoms with Gasteiger partial charge in [0.2, 0.25) is 5.95 Å². The second-order valence-electron chi connectivity index (χ2n) is 8.01. The molecule has 0 amide bonds. The highest BCUT2D eigenvalue weighted by molar-refractivity contribution is 5.62. The summed E-state index contributed by atoms with van der Waals surface area (Å²) in [6.07, 6.45) is 2.90. The number of anilines is 1. The molecule has 2 heterocycles. The average molecular weight is 355 g/mol. The van der Waals surface area contributed by atoms with Crippen LogP contribution in [0.4, 0.5) is 5.95 Å². The van der Waals surface area contributed by atoms with Gasteiger partial charge in [0.1, 0.15) is 0 Å². The molecule has 0 saturated carbocycles. The number of benzene rings is 1. The van der Waals surface area contributed by atoms with Crippen molar-refractivity contribution in [1.82, 2.24) is 14.9 Å². The van der Waals surface area contributed by atoms with E-state index in [-0.39, 0.29) is 17.0 Å². The van der Waals surface area contributed by atoms with Gasteiger partial charge in [-0.15, -0.1) is 0 Å². The summed E-state index contributed by atoms with van der Waals surface area (Å²) in [6, 6.07) is 8.37. The Hall–Kier alpha value is -2.18. The Labute approximate surface area is 154 Å². The van der Waals surface area contributed by atoms with Crippen molar-refractivity contribution in [2.75, 3.05) is 18.4 Å². The quantitative estimate of drug-likeness (QED) is 0.692. The second kappa shape index (κ2) is 7.60. The number of aromatic nitrogens is 2. The normalized spacial score (nSPS) is 16.4. The molecule has 0 saturated heterocycles. The summed E-state index contributed by atoms with van der Waals surface area (Å²) < 4.78 is 2.05. The van der Waals surface area contributed by atoms with Gasteiger partial charge in [-0.2, -0.15) is 4.98 Å². The molecule has 6 nitrogen and oxygen atoms in total. The lowest BCUT2D eigenvalue weighted by Crippen LogP contribution is -2.32. The summed E-state index contributed by atoms with van der Waals surface area (Å²) in [4.78, 5) is 16.7. The molecule has 26 heavy (non-hydrogen) atoms. The monoisotopic (exact) mass is 355 g/mol. The lowest BCUT2D eigenvalue weighted by molar-refractivity contribution is 0.330. The number of nitrogens with two attached hydrogens (primary N) is 1. The van der Waals surface area contributed by atoms with Crippen molar-refractivity contribution in [3.05, 3.63) is 46.4 Å². The maximum absolute atomic E-state index is 12.5. The Balaban J connectivity index is 1.76. The van der Waals surface area contributed by atoms with Crippen LogP contribution in [0.1, 0.15) is 32.8 Å². The number of fused-ring (bicyclic) bond motifs is 1. The predicted octanol–water partition coefficient (Wildman–Crippen LogP) is 2.19. The first kappa shape index (κ1) is 18.6. The molecule has 3 rings (SSSR count). The summed E-state index contributed by atoms with van der Waals surface area (Å²) in [6.45, 7) is 9.81. The van der Waals surface area contributed by atoms with E-state index < -0.39 is 0 Å². The van der Waals surface area contributed by atoms with Crippen molar-refractivity contribution in [3.8, 4) is 11.1 Å². The third-order valence-corrected chi connectivity index (χ3v) is 4.87. The first-order valence-electron chi connectivity index (χ1n) is 9.26. The molecule has 1 aromatic heterocycles. The third-order valence-electron chi connectivity index (χ3n) is 4.87. The Morgan fingerprint density at radius 2 is 2.04 bits per heavy atom. The van der Waals surface area contributed by atoms with Crippen LogP contribution in [0, 0.1) is 5.41 Å². The van der Waals surface area contributed by atoms with E-state index in [9.17, 15) is 4.79 Å². The first-order chi connectivity index (χ1) is 12.4. The molecule has 0 aliphatic carbocycles. The van der Waals surface area contributed by atoms with Crippen molar-refractivity contribution in [3.63, 3.8) is 0 Å². The maximum Gasteiger partial charge on any atom is 0.282 e. The third kappa shape index (κ3) is 4.14. The lowest BCUT2D eigenvalue weighted by atomic mass is 9.87. The SMILES string of the molecule is CC(C)(C)C1Cn2cc(-c3ccc(CNCCCN)cc3)c(=O)nc2N1. The van der Waals surface area contributed by atoms with Crippen molar-refractivity contribution in [2.24, 2.45) is 11.1 Å². The number of hydrogen-bond donors (Lipinski definition) is 3. The van der Waals surface area contributed by atoms with Crippen LogP contribution in [-0.2, 0) is 13.1 Å². The van der Waals surface area contributed by atoms with Gasteiger partial charge in [-0.05, 0) is 36.1 Å². The molecule has 2 aromatic rings. The summed E-state index contributed by atoms with van der Waals surface area (Å²) in [5.41, 5.74) is 8.15. The lowest BCUT2D eigenvalue weighted by Gasteiger charge is -2.26. The summed E-state index contributed by atoms with van der Waals surface area (Å²) >= 11 is 0. The minimum Gasteiger partial charge on any atom is -0.350 e. The maximum atomic E-state index is 12.5.